The van der Waals surface area contributed by atoms with Crippen LogP contribution in [0, 0.1) is 11.8 Å². The highest BCUT2D eigenvalue weighted by Crippen LogP contribution is 2.19. The zero-order chi connectivity index (χ0) is 15.2. The molecule has 1 saturated carbocycles. The first-order chi connectivity index (χ1) is 10.0. The highest BCUT2D eigenvalue weighted by Gasteiger charge is 2.19. The third kappa shape index (κ3) is 6.62. The molecule has 0 saturated heterocycles. The monoisotopic (exact) mass is 288 g/mol. The second-order valence-corrected chi connectivity index (χ2v) is 7.46. The number of hydrogen-bond acceptors (Lipinski definition) is 2. The van der Waals surface area contributed by atoms with Crippen LogP contribution in [-0.4, -0.2) is 24.0 Å². The molecule has 1 fully saturated rings. The Morgan fingerprint density at radius 3 is 2.24 bits per heavy atom. The van der Waals surface area contributed by atoms with Gasteiger partial charge in [0.25, 0.3) is 0 Å². The summed E-state index contributed by atoms with van der Waals surface area (Å²) in [5.41, 5.74) is 2.87. The van der Waals surface area contributed by atoms with E-state index in [-0.39, 0.29) is 0 Å². The van der Waals surface area contributed by atoms with Gasteiger partial charge in [-0.25, -0.2) is 0 Å². The average molecular weight is 288 g/mol. The lowest BCUT2D eigenvalue weighted by Gasteiger charge is -2.26. The first-order valence-electron chi connectivity index (χ1n) is 8.56. The number of benzene rings is 1. The van der Waals surface area contributed by atoms with Gasteiger partial charge in [0.15, 0.2) is 0 Å². The maximum absolute atomic E-state index is 3.60. The van der Waals surface area contributed by atoms with Crippen molar-refractivity contribution >= 4 is 0 Å². The first kappa shape index (κ1) is 16.5. The summed E-state index contributed by atoms with van der Waals surface area (Å²) in [6, 6.07) is 9.89. The van der Waals surface area contributed by atoms with Crippen LogP contribution < -0.4 is 5.32 Å². The number of hydrogen-bond donors (Lipinski definition) is 1. The molecule has 0 amide bonds. The number of nitrogens with one attached hydrogen (secondary N) is 1. The minimum atomic E-state index is 0.725. The quantitative estimate of drug-likeness (QED) is 0.737. The van der Waals surface area contributed by atoms with Crippen molar-refractivity contribution in [1.82, 2.24) is 10.2 Å². The fourth-order valence-electron chi connectivity index (χ4n) is 2.88. The van der Waals surface area contributed by atoms with Crippen LogP contribution in [0.3, 0.4) is 0 Å². The van der Waals surface area contributed by atoms with Crippen LogP contribution >= 0.6 is 0 Å². The SMILES string of the molecule is CC(C)CN(Cc1cccc(CNC2CC2)c1)CC(C)C. The van der Waals surface area contributed by atoms with Gasteiger partial charge in [0, 0.05) is 32.2 Å². The molecule has 21 heavy (non-hydrogen) atoms. The van der Waals surface area contributed by atoms with Gasteiger partial charge >= 0.3 is 0 Å². The maximum Gasteiger partial charge on any atom is 0.0234 e. The number of nitrogens with zero attached hydrogens (tertiary/aromatic N) is 1. The van der Waals surface area contributed by atoms with Gasteiger partial charge < -0.3 is 5.32 Å². The number of rotatable bonds is 9. The van der Waals surface area contributed by atoms with Crippen LogP contribution in [0.5, 0.6) is 0 Å². The molecule has 1 N–H and O–H groups in total. The van der Waals surface area contributed by atoms with E-state index in [1.807, 2.05) is 0 Å². The fraction of sp³-hybridized carbons (Fsp3) is 0.684. The smallest absolute Gasteiger partial charge is 0.0234 e. The largest absolute Gasteiger partial charge is 0.310 e. The van der Waals surface area contributed by atoms with Gasteiger partial charge in [-0.15, -0.1) is 0 Å². The van der Waals surface area contributed by atoms with E-state index in [2.05, 4.69) is 62.2 Å². The van der Waals surface area contributed by atoms with Crippen molar-refractivity contribution in [3.05, 3.63) is 35.4 Å². The lowest BCUT2D eigenvalue weighted by Crippen LogP contribution is -2.31. The Bertz CT molecular complexity index is 411. The molecular weight excluding hydrogens is 256 g/mol. The minimum Gasteiger partial charge on any atom is -0.310 e. The van der Waals surface area contributed by atoms with Crippen molar-refractivity contribution in [2.24, 2.45) is 11.8 Å². The van der Waals surface area contributed by atoms with E-state index in [1.165, 1.54) is 37.1 Å². The van der Waals surface area contributed by atoms with Gasteiger partial charge in [0.2, 0.25) is 0 Å². The summed E-state index contributed by atoms with van der Waals surface area (Å²) in [5.74, 6) is 1.45. The van der Waals surface area contributed by atoms with Crippen LogP contribution in [0.4, 0.5) is 0 Å². The minimum absolute atomic E-state index is 0.725. The second-order valence-electron chi connectivity index (χ2n) is 7.46. The average Bonchev–Trinajstić information content (AvgIpc) is 3.19. The van der Waals surface area contributed by atoms with E-state index >= 15 is 0 Å². The Hall–Kier alpha value is -0.860. The van der Waals surface area contributed by atoms with Crippen molar-refractivity contribution in [3.63, 3.8) is 0 Å². The predicted molar refractivity (Wildman–Crippen MR) is 91.3 cm³/mol. The zero-order valence-electron chi connectivity index (χ0n) is 14.2. The molecular formula is C19H32N2. The van der Waals surface area contributed by atoms with Crippen molar-refractivity contribution in [1.29, 1.82) is 0 Å². The van der Waals surface area contributed by atoms with E-state index in [1.54, 1.807) is 0 Å². The van der Waals surface area contributed by atoms with Gasteiger partial charge in [-0.1, -0.05) is 52.0 Å². The molecule has 118 valence electrons. The van der Waals surface area contributed by atoms with E-state index in [4.69, 9.17) is 0 Å². The molecule has 1 aromatic rings. The van der Waals surface area contributed by atoms with Crippen molar-refractivity contribution < 1.29 is 0 Å². The van der Waals surface area contributed by atoms with Gasteiger partial charge in [-0.05, 0) is 35.8 Å². The molecule has 2 rings (SSSR count). The van der Waals surface area contributed by atoms with Crippen molar-refractivity contribution in [2.75, 3.05) is 13.1 Å². The molecule has 0 radical (unpaired) electrons. The van der Waals surface area contributed by atoms with E-state index in [9.17, 15) is 0 Å². The molecule has 0 atom stereocenters. The predicted octanol–water partition coefficient (Wildman–Crippen LogP) is 4.05. The standard InChI is InChI=1S/C19H32N2/c1-15(2)12-21(13-16(3)4)14-18-7-5-6-17(10-18)11-20-19-8-9-19/h5-7,10,15-16,19-20H,8-9,11-14H2,1-4H3. The van der Waals surface area contributed by atoms with Gasteiger partial charge in [-0.3, -0.25) is 4.90 Å². The summed E-state index contributed by atoms with van der Waals surface area (Å²) in [7, 11) is 0. The Morgan fingerprint density at radius 2 is 1.67 bits per heavy atom. The van der Waals surface area contributed by atoms with Crippen molar-refractivity contribution in [2.45, 2.75) is 59.7 Å². The summed E-state index contributed by atoms with van der Waals surface area (Å²) in [6.07, 6.45) is 2.71. The lowest BCUT2D eigenvalue weighted by molar-refractivity contribution is 0.211. The molecule has 1 aromatic carbocycles. The molecule has 2 nitrogen and oxygen atoms in total. The van der Waals surface area contributed by atoms with E-state index < -0.39 is 0 Å². The Labute approximate surface area is 130 Å². The molecule has 1 aliphatic rings. The normalized spacial score (nSPS) is 15.4. The van der Waals surface area contributed by atoms with Crippen LogP contribution in [0.15, 0.2) is 24.3 Å². The molecule has 0 heterocycles. The molecule has 0 aliphatic heterocycles. The van der Waals surface area contributed by atoms with Crippen molar-refractivity contribution in [3.8, 4) is 0 Å². The topological polar surface area (TPSA) is 15.3 Å². The highest BCUT2D eigenvalue weighted by molar-refractivity contribution is 5.23. The summed E-state index contributed by atoms with van der Waals surface area (Å²) < 4.78 is 0. The fourth-order valence-corrected chi connectivity index (χ4v) is 2.88. The summed E-state index contributed by atoms with van der Waals surface area (Å²) in [5, 5.41) is 3.60. The molecule has 0 spiro atoms. The van der Waals surface area contributed by atoms with E-state index in [0.717, 1.165) is 31.0 Å². The molecule has 0 unspecified atom stereocenters. The molecule has 0 bridgehead atoms. The molecule has 0 aromatic heterocycles. The van der Waals surface area contributed by atoms with Gasteiger partial charge in [0.05, 0.1) is 0 Å². The van der Waals surface area contributed by atoms with Gasteiger partial charge in [0.1, 0.15) is 0 Å². The summed E-state index contributed by atoms with van der Waals surface area (Å²) in [6.45, 7) is 13.7. The third-order valence-corrected chi connectivity index (χ3v) is 3.82. The highest BCUT2D eigenvalue weighted by atomic mass is 15.1. The summed E-state index contributed by atoms with van der Waals surface area (Å²) >= 11 is 0. The van der Waals surface area contributed by atoms with E-state index in [0.29, 0.717) is 0 Å². The zero-order valence-corrected chi connectivity index (χ0v) is 14.2. The first-order valence-corrected chi connectivity index (χ1v) is 8.56. The summed E-state index contributed by atoms with van der Waals surface area (Å²) in [4.78, 5) is 2.60. The van der Waals surface area contributed by atoms with Crippen LogP contribution in [0.2, 0.25) is 0 Å². The maximum atomic E-state index is 3.60. The van der Waals surface area contributed by atoms with Crippen LogP contribution in [0.1, 0.15) is 51.7 Å². The van der Waals surface area contributed by atoms with Gasteiger partial charge in [-0.2, -0.15) is 0 Å². The van der Waals surface area contributed by atoms with Crippen LogP contribution in [0.25, 0.3) is 0 Å². The second kappa shape index (κ2) is 7.95. The molecule has 2 heteroatoms. The Balaban J connectivity index is 1.92. The third-order valence-electron chi connectivity index (χ3n) is 3.82. The van der Waals surface area contributed by atoms with Crippen LogP contribution in [-0.2, 0) is 13.1 Å². The lowest BCUT2D eigenvalue weighted by atomic mass is 10.1. The Morgan fingerprint density at radius 1 is 1.05 bits per heavy atom. The molecule has 1 aliphatic carbocycles. The Kier molecular flexibility index (Phi) is 6.25.